The fourth-order valence-electron chi connectivity index (χ4n) is 3.90. The zero-order valence-corrected chi connectivity index (χ0v) is 16.5. The summed E-state index contributed by atoms with van der Waals surface area (Å²) in [6.07, 6.45) is 7.05. The molecule has 4 rings (SSSR count). The van der Waals surface area contributed by atoms with Gasteiger partial charge in [0.25, 0.3) is 5.82 Å². The number of para-hydroxylation sites is 1. The lowest BCUT2D eigenvalue weighted by molar-refractivity contribution is -0.632. The van der Waals surface area contributed by atoms with Crippen LogP contribution in [0.2, 0.25) is 0 Å². The maximum Gasteiger partial charge on any atom is 0.277 e. The number of hydrogen-bond acceptors (Lipinski definition) is 2. The number of hydrogen-bond donors (Lipinski definition) is 0. The number of benzene rings is 2. The normalized spacial score (nSPS) is 14.4. The van der Waals surface area contributed by atoms with Crippen LogP contribution in [0.5, 0.6) is 0 Å². The molecule has 0 atom stereocenters. The minimum absolute atomic E-state index is 1.15. The van der Waals surface area contributed by atoms with Crippen molar-refractivity contribution in [2.45, 2.75) is 12.8 Å². The van der Waals surface area contributed by atoms with Gasteiger partial charge in [-0.25, -0.2) is 4.57 Å². The van der Waals surface area contributed by atoms with Gasteiger partial charge in [-0.3, -0.25) is 4.90 Å². The minimum Gasteiger partial charge on any atom is -0.378 e. The fraction of sp³-hybridized carbons (Fsp3) is 0.292. The van der Waals surface area contributed by atoms with Crippen LogP contribution in [0.1, 0.15) is 24.0 Å². The lowest BCUT2D eigenvalue weighted by Gasteiger charge is -2.15. The molecule has 0 bridgehead atoms. The fourth-order valence-corrected chi connectivity index (χ4v) is 3.90. The first-order chi connectivity index (χ1) is 13.1. The third kappa shape index (κ3) is 3.55. The van der Waals surface area contributed by atoms with Gasteiger partial charge in [-0.15, -0.1) is 0 Å². The van der Waals surface area contributed by atoms with E-state index in [1.54, 1.807) is 0 Å². The Morgan fingerprint density at radius 1 is 0.926 bits per heavy atom. The summed E-state index contributed by atoms with van der Waals surface area (Å²) >= 11 is 0. The standard InChI is InChI=1S/C24H28N3/c1-25(2)21-14-11-19(12-15-21)10-13-20-18-24(27-16-6-7-17-27)26(3)23-9-5-4-8-22(20)23/h4-5,8-15,18H,6-7,16-17H2,1-3H3/q+1. The van der Waals surface area contributed by atoms with Crippen molar-refractivity contribution in [2.24, 2.45) is 7.05 Å². The summed E-state index contributed by atoms with van der Waals surface area (Å²) in [7, 11) is 6.32. The number of aromatic nitrogens is 1. The van der Waals surface area contributed by atoms with Crippen LogP contribution in [0, 0.1) is 0 Å². The van der Waals surface area contributed by atoms with Gasteiger partial charge in [0.15, 0.2) is 0 Å². The Labute approximate surface area is 162 Å². The molecule has 3 aromatic rings. The molecule has 2 aromatic carbocycles. The SMILES string of the molecule is CN(C)c1ccc(/C=C/c2cc(N3CCCC3)[n+](C)c3ccccc23)cc1. The van der Waals surface area contributed by atoms with E-state index in [-0.39, 0.29) is 0 Å². The first-order valence-corrected chi connectivity index (χ1v) is 9.76. The van der Waals surface area contributed by atoms with Crippen LogP contribution in [0.4, 0.5) is 11.5 Å². The molecule has 0 amide bonds. The largest absolute Gasteiger partial charge is 0.378 e. The van der Waals surface area contributed by atoms with Crippen molar-refractivity contribution in [3.63, 3.8) is 0 Å². The van der Waals surface area contributed by atoms with E-state index in [1.165, 1.54) is 46.4 Å². The zero-order chi connectivity index (χ0) is 18.8. The monoisotopic (exact) mass is 358 g/mol. The molecule has 0 unspecified atom stereocenters. The van der Waals surface area contributed by atoms with Crippen molar-refractivity contribution in [2.75, 3.05) is 37.0 Å². The molecule has 3 nitrogen and oxygen atoms in total. The Morgan fingerprint density at radius 3 is 2.33 bits per heavy atom. The average Bonchev–Trinajstić information content (AvgIpc) is 3.22. The molecule has 1 aliphatic rings. The van der Waals surface area contributed by atoms with Gasteiger partial charge in [0.1, 0.15) is 5.52 Å². The molecule has 0 radical (unpaired) electrons. The van der Waals surface area contributed by atoms with E-state index in [1.807, 2.05) is 0 Å². The highest BCUT2D eigenvalue weighted by Gasteiger charge is 2.24. The molecule has 0 aliphatic carbocycles. The number of aryl methyl sites for hydroxylation is 1. The molecular weight excluding hydrogens is 330 g/mol. The molecule has 3 heteroatoms. The van der Waals surface area contributed by atoms with Gasteiger partial charge in [-0.2, -0.15) is 0 Å². The van der Waals surface area contributed by atoms with Gasteiger partial charge < -0.3 is 4.90 Å². The van der Waals surface area contributed by atoms with Crippen LogP contribution in [0.15, 0.2) is 54.6 Å². The predicted octanol–water partition coefficient (Wildman–Crippen LogP) is 4.50. The van der Waals surface area contributed by atoms with Crippen LogP contribution in [0.25, 0.3) is 23.1 Å². The summed E-state index contributed by atoms with van der Waals surface area (Å²) in [5, 5.41) is 1.30. The van der Waals surface area contributed by atoms with Crippen molar-refractivity contribution < 1.29 is 4.57 Å². The van der Waals surface area contributed by atoms with Crippen LogP contribution >= 0.6 is 0 Å². The summed E-state index contributed by atoms with van der Waals surface area (Å²) in [4.78, 5) is 4.64. The lowest BCUT2D eigenvalue weighted by atomic mass is 10.1. The minimum atomic E-state index is 1.15. The Morgan fingerprint density at radius 2 is 1.63 bits per heavy atom. The van der Waals surface area contributed by atoms with E-state index >= 15 is 0 Å². The van der Waals surface area contributed by atoms with Crippen molar-refractivity contribution >= 4 is 34.6 Å². The summed E-state index contributed by atoms with van der Waals surface area (Å²) in [6, 6.07) is 19.7. The number of fused-ring (bicyclic) bond motifs is 1. The van der Waals surface area contributed by atoms with Gasteiger partial charge in [0, 0.05) is 31.2 Å². The van der Waals surface area contributed by atoms with Crippen LogP contribution < -0.4 is 14.4 Å². The lowest BCUT2D eigenvalue weighted by Crippen LogP contribution is -2.38. The molecule has 1 fully saturated rings. The van der Waals surface area contributed by atoms with Gasteiger partial charge in [-0.1, -0.05) is 42.5 Å². The summed E-state index contributed by atoms with van der Waals surface area (Å²) in [6.45, 7) is 2.31. The quantitative estimate of drug-likeness (QED) is 0.636. The number of rotatable bonds is 4. The summed E-state index contributed by atoms with van der Waals surface area (Å²) in [5.74, 6) is 1.31. The van der Waals surface area contributed by atoms with E-state index in [2.05, 4.69) is 102 Å². The van der Waals surface area contributed by atoms with Gasteiger partial charge in [0.05, 0.1) is 20.1 Å². The molecule has 2 heterocycles. The van der Waals surface area contributed by atoms with Crippen molar-refractivity contribution in [1.29, 1.82) is 0 Å². The number of nitrogens with zero attached hydrogens (tertiary/aromatic N) is 3. The number of anilines is 2. The second-order valence-electron chi connectivity index (χ2n) is 7.55. The predicted molar refractivity (Wildman–Crippen MR) is 116 cm³/mol. The molecule has 0 saturated carbocycles. The third-order valence-corrected chi connectivity index (χ3v) is 5.50. The van der Waals surface area contributed by atoms with E-state index in [0.717, 1.165) is 13.1 Å². The summed E-state index contributed by atoms with van der Waals surface area (Å²) in [5.41, 5.74) is 5.01. The first kappa shape index (κ1) is 17.6. The molecule has 1 aromatic heterocycles. The Kier molecular flexibility index (Phi) is 4.85. The highest BCUT2D eigenvalue weighted by molar-refractivity contribution is 5.90. The van der Waals surface area contributed by atoms with E-state index in [4.69, 9.17) is 0 Å². The Hall–Kier alpha value is -2.81. The smallest absolute Gasteiger partial charge is 0.277 e. The topological polar surface area (TPSA) is 10.4 Å². The van der Waals surface area contributed by atoms with Crippen LogP contribution in [0.3, 0.4) is 0 Å². The van der Waals surface area contributed by atoms with E-state index in [0.29, 0.717) is 0 Å². The molecule has 1 saturated heterocycles. The third-order valence-electron chi connectivity index (χ3n) is 5.50. The van der Waals surface area contributed by atoms with Crippen LogP contribution in [-0.4, -0.2) is 27.2 Å². The van der Waals surface area contributed by atoms with Gasteiger partial charge >= 0.3 is 0 Å². The van der Waals surface area contributed by atoms with Crippen molar-refractivity contribution in [3.8, 4) is 0 Å². The molecule has 0 N–H and O–H groups in total. The van der Waals surface area contributed by atoms with Gasteiger partial charge in [-0.05, 0) is 42.2 Å². The highest BCUT2D eigenvalue weighted by atomic mass is 15.2. The van der Waals surface area contributed by atoms with E-state index in [9.17, 15) is 0 Å². The van der Waals surface area contributed by atoms with Crippen molar-refractivity contribution in [1.82, 2.24) is 0 Å². The maximum absolute atomic E-state index is 2.51. The highest BCUT2D eigenvalue weighted by Crippen LogP contribution is 2.25. The molecule has 138 valence electrons. The van der Waals surface area contributed by atoms with E-state index < -0.39 is 0 Å². The molecular formula is C24H28N3+. The second-order valence-corrected chi connectivity index (χ2v) is 7.55. The maximum atomic E-state index is 2.51. The second kappa shape index (κ2) is 7.43. The molecule has 0 spiro atoms. The molecule has 1 aliphatic heterocycles. The Balaban J connectivity index is 1.74. The zero-order valence-electron chi connectivity index (χ0n) is 16.5. The van der Waals surface area contributed by atoms with Crippen molar-refractivity contribution in [3.05, 3.63) is 65.7 Å². The molecule has 27 heavy (non-hydrogen) atoms. The Bertz CT molecular complexity index is 965. The summed E-state index contributed by atoms with van der Waals surface area (Å²) < 4.78 is 2.34. The van der Waals surface area contributed by atoms with Crippen LogP contribution in [-0.2, 0) is 7.05 Å². The van der Waals surface area contributed by atoms with Gasteiger partial charge in [0.2, 0.25) is 0 Å². The number of pyridine rings is 1. The average molecular weight is 359 g/mol. The first-order valence-electron chi connectivity index (χ1n) is 9.76.